The average molecular weight is 490 g/mol. The highest BCUT2D eigenvalue weighted by atomic mass is 16.5. The summed E-state index contributed by atoms with van der Waals surface area (Å²) < 4.78 is 7.97. The predicted octanol–water partition coefficient (Wildman–Crippen LogP) is 6.28. The van der Waals surface area contributed by atoms with Crippen molar-refractivity contribution in [2.45, 2.75) is 38.8 Å². The van der Waals surface area contributed by atoms with Crippen molar-refractivity contribution >= 4 is 22.4 Å². The normalized spacial score (nSPS) is 18.8. The van der Waals surface area contributed by atoms with Crippen LogP contribution in [0.1, 0.15) is 31.5 Å². The van der Waals surface area contributed by atoms with Crippen molar-refractivity contribution < 1.29 is 4.74 Å². The summed E-state index contributed by atoms with van der Waals surface area (Å²) in [5.74, 6) is 0. The highest BCUT2D eigenvalue weighted by Crippen LogP contribution is 2.32. The number of fused-ring (bicyclic) bond motifs is 2. The molecule has 2 aliphatic carbocycles. The maximum atomic E-state index is 5.59. The first-order chi connectivity index (χ1) is 18.1. The molecule has 0 amide bonds. The van der Waals surface area contributed by atoms with Gasteiger partial charge in [-0.05, 0) is 63.1 Å². The zero-order valence-electron chi connectivity index (χ0n) is 21.3. The Bertz CT molecular complexity index is 1560. The number of ether oxygens (including phenoxy) is 1. The lowest BCUT2D eigenvalue weighted by Crippen LogP contribution is -2.23. The van der Waals surface area contributed by atoms with Gasteiger partial charge in [-0.25, -0.2) is 4.98 Å². The van der Waals surface area contributed by atoms with Crippen molar-refractivity contribution in [2.24, 2.45) is 4.99 Å². The Labute approximate surface area is 217 Å². The number of aromatic nitrogens is 3. The Morgan fingerprint density at radius 3 is 2.73 bits per heavy atom. The summed E-state index contributed by atoms with van der Waals surface area (Å²) in [4.78, 5) is 14.8. The predicted molar refractivity (Wildman–Crippen MR) is 149 cm³/mol. The molecule has 1 N–H and O–H groups in total. The lowest BCUT2D eigenvalue weighted by atomic mass is 10.1. The minimum atomic E-state index is 0.0557. The van der Waals surface area contributed by atoms with Crippen molar-refractivity contribution in [2.75, 3.05) is 18.5 Å². The Hall–Kier alpha value is -4.03. The zero-order valence-corrected chi connectivity index (χ0v) is 21.3. The van der Waals surface area contributed by atoms with Crippen LogP contribution in [0.5, 0.6) is 0 Å². The van der Waals surface area contributed by atoms with Crippen LogP contribution in [0.3, 0.4) is 0 Å². The van der Waals surface area contributed by atoms with Crippen molar-refractivity contribution in [1.82, 2.24) is 14.5 Å². The number of aryl methyl sites for hydroxylation is 1. The lowest BCUT2D eigenvalue weighted by Gasteiger charge is -2.24. The van der Waals surface area contributed by atoms with Crippen molar-refractivity contribution in [1.29, 1.82) is 0 Å². The molecule has 1 unspecified atom stereocenters. The second-order valence-corrected chi connectivity index (χ2v) is 9.76. The van der Waals surface area contributed by atoms with Crippen LogP contribution in [0, 0.1) is 6.92 Å². The molecule has 6 rings (SSSR count). The first-order valence-electron chi connectivity index (χ1n) is 12.9. The number of nitrogens with zero attached hydrogens (tertiary/aromatic N) is 4. The van der Waals surface area contributed by atoms with Crippen LogP contribution >= 0.6 is 0 Å². The van der Waals surface area contributed by atoms with Gasteiger partial charge >= 0.3 is 0 Å². The Morgan fingerprint density at radius 1 is 1.03 bits per heavy atom. The van der Waals surface area contributed by atoms with Gasteiger partial charge in [0.2, 0.25) is 0 Å². The van der Waals surface area contributed by atoms with Gasteiger partial charge < -0.3 is 14.6 Å². The highest BCUT2D eigenvalue weighted by molar-refractivity contribution is 5.82. The first kappa shape index (κ1) is 23.4. The molecule has 0 radical (unpaired) electrons. The highest BCUT2D eigenvalue weighted by Gasteiger charge is 2.20. The number of allylic oxidation sites excluding steroid dienone is 6. The van der Waals surface area contributed by atoms with Gasteiger partial charge in [-0.3, -0.25) is 9.98 Å². The quantitative estimate of drug-likeness (QED) is 0.343. The summed E-state index contributed by atoms with van der Waals surface area (Å²) in [5.41, 5.74) is 8.10. The summed E-state index contributed by atoms with van der Waals surface area (Å²) in [6.07, 6.45) is 14.7. The molecular formula is C31H31N5O. The van der Waals surface area contributed by atoms with Gasteiger partial charge in [0, 0.05) is 18.9 Å². The maximum absolute atomic E-state index is 5.59. The topological polar surface area (TPSA) is 64.3 Å². The molecule has 1 fully saturated rings. The van der Waals surface area contributed by atoms with Gasteiger partial charge in [-0.1, -0.05) is 48.1 Å². The number of benzene rings is 2. The molecule has 0 spiro atoms. The van der Waals surface area contributed by atoms with Crippen LogP contribution in [-0.2, 0) is 4.74 Å². The van der Waals surface area contributed by atoms with E-state index in [9.17, 15) is 0 Å². The second-order valence-electron chi connectivity index (χ2n) is 9.76. The molecule has 37 heavy (non-hydrogen) atoms. The monoisotopic (exact) mass is 489 g/mol. The molecule has 0 bridgehead atoms. The van der Waals surface area contributed by atoms with E-state index in [4.69, 9.17) is 14.7 Å². The zero-order chi connectivity index (χ0) is 25.2. The van der Waals surface area contributed by atoms with Crippen LogP contribution in [-0.4, -0.2) is 33.8 Å². The van der Waals surface area contributed by atoms with E-state index >= 15 is 0 Å². The van der Waals surface area contributed by atoms with Gasteiger partial charge in [0.1, 0.15) is 0 Å². The minimum Gasteiger partial charge on any atom is -0.381 e. The molecule has 1 atom stereocenters. The maximum Gasteiger partial charge on any atom is 0.0897 e. The Morgan fingerprint density at radius 2 is 1.89 bits per heavy atom. The van der Waals surface area contributed by atoms with E-state index in [1.807, 2.05) is 25.3 Å². The van der Waals surface area contributed by atoms with Gasteiger partial charge in [-0.2, -0.15) is 0 Å². The molecule has 1 saturated heterocycles. The van der Waals surface area contributed by atoms with Gasteiger partial charge in [0.15, 0.2) is 0 Å². The summed E-state index contributed by atoms with van der Waals surface area (Å²) >= 11 is 0. The molecular weight excluding hydrogens is 458 g/mol. The fourth-order valence-electron chi connectivity index (χ4n) is 4.97. The Kier molecular flexibility index (Phi) is 6.41. The number of nitrogens with one attached hydrogen (secondary N) is 1. The number of hydrogen-bond acceptors (Lipinski definition) is 5. The van der Waals surface area contributed by atoms with Crippen LogP contribution in [0.2, 0.25) is 0 Å². The smallest absolute Gasteiger partial charge is 0.0897 e. The average Bonchev–Trinajstić information content (AvgIpc) is 3.14. The fourth-order valence-corrected chi connectivity index (χ4v) is 4.97. The second kappa shape index (κ2) is 10.1. The number of para-hydroxylation sites is 2. The number of rotatable bonds is 4. The summed E-state index contributed by atoms with van der Waals surface area (Å²) in [6, 6.07) is 17.0. The van der Waals surface area contributed by atoms with Crippen molar-refractivity contribution in [3.63, 3.8) is 0 Å². The molecule has 1 aromatic heterocycles. The third-order valence-corrected chi connectivity index (χ3v) is 6.96. The van der Waals surface area contributed by atoms with E-state index in [-0.39, 0.29) is 12.1 Å². The first-order valence-corrected chi connectivity index (χ1v) is 12.9. The van der Waals surface area contributed by atoms with Gasteiger partial charge in [0.25, 0.3) is 0 Å². The van der Waals surface area contributed by atoms with E-state index in [1.54, 1.807) is 0 Å². The standard InChI is InChI=1S/C31H31N5O/c1-21-6-5-7-25(13-10-21)36-30-9-4-3-8-26(30)35-29-18-27(34-24-12-11-22(2)32-20-24)28(19-31(29)36)33-23-14-16-37-17-15-23/h3-13,18-20,23,25,34H,14-17H2,1-2H3. The van der Waals surface area contributed by atoms with E-state index in [1.165, 1.54) is 5.57 Å². The van der Waals surface area contributed by atoms with E-state index in [0.717, 1.165) is 70.9 Å². The minimum absolute atomic E-state index is 0.0557. The molecule has 3 heterocycles. The van der Waals surface area contributed by atoms with Crippen LogP contribution in [0.4, 0.5) is 11.4 Å². The van der Waals surface area contributed by atoms with E-state index in [0.29, 0.717) is 0 Å². The number of pyridine rings is 1. The van der Waals surface area contributed by atoms with Crippen LogP contribution < -0.4 is 10.7 Å². The largest absolute Gasteiger partial charge is 0.381 e. The Balaban J connectivity index is 1.58. The van der Waals surface area contributed by atoms with Gasteiger partial charge in [0.05, 0.1) is 57.4 Å². The number of anilines is 2. The third-order valence-electron chi connectivity index (χ3n) is 6.96. The molecule has 4 aliphatic rings. The SMILES string of the molecule is CC1=CC=CC(n2c3cc(=NC4CCOCC4)c(Nc4ccc(C)nc4)cc-3nc3ccccc32)C=C1. The molecule has 186 valence electrons. The summed E-state index contributed by atoms with van der Waals surface area (Å²) in [5, 5.41) is 4.50. The molecule has 6 heteroatoms. The van der Waals surface area contributed by atoms with E-state index < -0.39 is 0 Å². The summed E-state index contributed by atoms with van der Waals surface area (Å²) in [6.45, 7) is 5.62. The molecule has 6 nitrogen and oxygen atoms in total. The van der Waals surface area contributed by atoms with Gasteiger partial charge in [-0.15, -0.1) is 0 Å². The lowest BCUT2D eigenvalue weighted by molar-refractivity contribution is 0.0864. The molecule has 1 aromatic carbocycles. The fraction of sp³-hybridized carbons (Fsp3) is 0.258. The van der Waals surface area contributed by atoms with Crippen molar-refractivity contribution in [3.8, 4) is 11.4 Å². The number of hydrogen-bond donors (Lipinski definition) is 1. The molecule has 2 aromatic rings. The van der Waals surface area contributed by atoms with Crippen molar-refractivity contribution in [3.05, 3.63) is 102 Å². The van der Waals surface area contributed by atoms with Crippen LogP contribution in [0.15, 0.2) is 95.7 Å². The molecule has 0 saturated carbocycles. The molecule has 2 aliphatic heterocycles. The van der Waals surface area contributed by atoms with Crippen LogP contribution in [0.25, 0.3) is 22.4 Å². The summed E-state index contributed by atoms with van der Waals surface area (Å²) in [7, 11) is 0. The third kappa shape index (κ3) is 4.98. The van der Waals surface area contributed by atoms with E-state index in [2.05, 4.69) is 88.6 Å².